The lowest BCUT2D eigenvalue weighted by Gasteiger charge is -2.12. The van der Waals surface area contributed by atoms with Gasteiger partial charge in [0.25, 0.3) is 0 Å². The smallest absolute Gasteiger partial charge is 0.180 e. The van der Waals surface area contributed by atoms with Gasteiger partial charge in [0, 0.05) is 37.1 Å². The lowest BCUT2D eigenvalue weighted by atomic mass is 10.2. The van der Waals surface area contributed by atoms with Gasteiger partial charge in [-0.05, 0) is 26.8 Å². The molecule has 0 radical (unpaired) electrons. The average molecular weight is 337 g/mol. The number of Topliss-reactive ketones (excluding diaryl/α,β-unsaturated/α-hetero) is 1. The van der Waals surface area contributed by atoms with Crippen LogP contribution in [0.5, 0.6) is 0 Å². The minimum absolute atomic E-state index is 0.0637. The first-order valence-electron chi connectivity index (χ1n) is 6.81. The van der Waals surface area contributed by atoms with Gasteiger partial charge in [-0.25, -0.2) is 0 Å². The van der Waals surface area contributed by atoms with Crippen LogP contribution in [0.25, 0.3) is 5.82 Å². The van der Waals surface area contributed by atoms with E-state index in [0.717, 1.165) is 17.1 Å². The average Bonchev–Trinajstić information content (AvgIpc) is 2.99. The highest BCUT2D eigenvalue weighted by atomic mass is 32.2. The third-order valence-corrected chi connectivity index (χ3v) is 5.01. The second-order valence-corrected chi connectivity index (χ2v) is 6.90. The highest BCUT2D eigenvalue weighted by molar-refractivity contribution is 8.23. The van der Waals surface area contributed by atoms with Crippen molar-refractivity contribution >= 4 is 34.1 Å². The number of thiocarbonyl (C=S) groups is 1. The van der Waals surface area contributed by atoms with Crippen LogP contribution < -0.4 is 0 Å². The molecule has 0 aliphatic carbocycles. The van der Waals surface area contributed by atoms with Crippen molar-refractivity contribution in [2.24, 2.45) is 0 Å². The maximum Gasteiger partial charge on any atom is 0.180 e. The number of rotatable bonds is 4. The van der Waals surface area contributed by atoms with E-state index in [2.05, 4.69) is 5.16 Å². The van der Waals surface area contributed by atoms with E-state index in [1.165, 1.54) is 11.8 Å². The van der Waals surface area contributed by atoms with Crippen molar-refractivity contribution < 1.29 is 9.32 Å². The predicted octanol–water partition coefficient (Wildman–Crippen LogP) is 3.15. The van der Waals surface area contributed by atoms with Crippen molar-refractivity contribution in [1.29, 1.82) is 0 Å². The number of hydrogen-bond acceptors (Lipinski definition) is 5. The zero-order valence-corrected chi connectivity index (χ0v) is 15.0. The number of nitrogens with zero attached hydrogens (tertiary/aromatic N) is 3. The molecule has 0 atom stereocenters. The summed E-state index contributed by atoms with van der Waals surface area (Å²) >= 11 is 6.57. The third-order valence-electron chi connectivity index (χ3n) is 3.27. The molecule has 0 unspecified atom stereocenters. The number of hydrogen-bond donors (Lipinski definition) is 0. The first-order chi connectivity index (χ1) is 10.3. The molecule has 2 aromatic rings. The zero-order valence-electron chi connectivity index (χ0n) is 13.3. The Morgan fingerprint density at radius 3 is 2.59 bits per heavy atom. The number of ketones is 1. The molecule has 0 saturated heterocycles. The molecule has 0 saturated carbocycles. The summed E-state index contributed by atoms with van der Waals surface area (Å²) in [6, 6.07) is 3.74. The Morgan fingerprint density at radius 2 is 2.05 bits per heavy atom. The Kier molecular flexibility index (Phi) is 5.08. The molecular formula is C15H19N3O2S2. The highest BCUT2D eigenvalue weighted by Crippen LogP contribution is 2.22. The van der Waals surface area contributed by atoms with E-state index >= 15 is 0 Å². The van der Waals surface area contributed by atoms with E-state index in [1.54, 1.807) is 0 Å². The normalized spacial score (nSPS) is 10.8. The van der Waals surface area contributed by atoms with Crippen molar-refractivity contribution in [3.63, 3.8) is 0 Å². The van der Waals surface area contributed by atoms with Gasteiger partial charge in [-0.2, -0.15) is 0 Å². The Labute approximate surface area is 139 Å². The predicted molar refractivity (Wildman–Crippen MR) is 93.1 cm³/mol. The summed E-state index contributed by atoms with van der Waals surface area (Å²) < 4.78 is 7.75. The van der Waals surface area contributed by atoms with E-state index < -0.39 is 0 Å². The van der Waals surface area contributed by atoms with Crippen LogP contribution in [0, 0.1) is 20.8 Å². The minimum atomic E-state index is 0.0637. The van der Waals surface area contributed by atoms with Crippen LogP contribution in [0.3, 0.4) is 0 Å². The van der Waals surface area contributed by atoms with Crippen molar-refractivity contribution in [3.05, 3.63) is 34.8 Å². The molecule has 2 heterocycles. The summed E-state index contributed by atoms with van der Waals surface area (Å²) in [6.45, 7) is 5.71. The zero-order chi connectivity index (χ0) is 16.4. The number of carbonyl (C=O) groups excluding carboxylic acids is 1. The third kappa shape index (κ3) is 3.41. The Morgan fingerprint density at radius 1 is 1.36 bits per heavy atom. The van der Waals surface area contributed by atoms with Crippen LogP contribution in [0.1, 0.15) is 27.5 Å². The summed E-state index contributed by atoms with van der Waals surface area (Å²) in [4.78, 5) is 14.3. The Bertz CT molecular complexity index is 716. The summed E-state index contributed by atoms with van der Waals surface area (Å²) in [5, 5.41) is 4.02. The molecule has 0 fully saturated rings. The number of carbonyl (C=O) groups is 1. The van der Waals surface area contributed by atoms with E-state index in [4.69, 9.17) is 16.7 Å². The monoisotopic (exact) mass is 337 g/mol. The fourth-order valence-electron chi connectivity index (χ4n) is 2.19. The van der Waals surface area contributed by atoms with E-state index in [1.807, 2.05) is 56.5 Å². The molecule has 2 aromatic heterocycles. The summed E-state index contributed by atoms with van der Waals surface area (Å²) in [6.07, 6.45) is 0. The van der Waals surface area contributed by atoms with Crippen LogP contribution in [0.4, 0.5) is 0 Å². The maximum absolute atomic E-state index is 12.4. The van der Waals surface area contributed by atoms with Crippen LogP contribution in [0.2, 0.25) is 0 Å². The van der Waals surface area contributed by atoms with Crippen LogP contribution in [-0.4, -0.2) is 44.6 Å². The first kappa shape index (κ1) is 16.8. The van der Waals surface area contributed by atoms with Crippen molar-refractivity contribution in [1.82, 2.24) is 14.6 Å². The minimum Gasteiger partial charge on any atom is -0.364 e. The number of aromatic nitrogens is 2. The van der Waals surface area contributed by atoms with Crippen LogP contribution >= 0.6 is 24.0 Å². The second kappa shape index (κ2) is 6.66. The van der Waals surface area contributed by atoms with Gasteiger partial charge in [-0.15, -0.1) is 0 Å². The quantitative estimate of drug-likeness (QED) is 0.631. The Balaban J connectivity index is 2.23. The molecule has 0 amide bonds. The number of aryl methyl sites for hydroxylation is 2. The van der Waals surface area contributed by atoms with E-state index in [-0.39, 0.29) is 5.78 Å². The fraction of sp³-hybridized carbons (Fsp3) is 0.400. The summed E-state index contributed by atoms with van der Waals surface area (Å²) in [5.41, 5.74) is 2.52. The lowest BCUT2D eigenvalue weighted by Crippen LogP contribution is -2.18. The van der Waals surface area contributed by atoms with Gasteiger partial charge >= 0.3 is 0 Å². The molecule has 0 bridgehead atoms. The number of thioether (sulfide) groups is 1. The van der Waals surface area contributed by atoms with Gasteiger partial charge in [0.2, 0.25) is 0 Å². The summed E-state index contributed by atoms with van der Waals surface area (Å²) in [7, 11) is 3.75. The molecule has 0 aromatic carbocycles. The van der Waals surface area contributed by atoms with E-state index in [9.17, 15) is 4.79 Å². The molecule has 2 rings (SSSR count). The largest absolute Gasteiger partial charge is 0.364 e. The standard InChI is InChI=1S/C15H19N3O2S2/c1-9-6-12(13(19)8-22-15(21)17(4)5)11(3)18(9)14-7-10(2)20-16-14/h6-7H,8H2,1-5H3. The topological polar surface area (TPSA) is 51.3 Å². The first-order valence-corrected chi connectivity index (χ1v) is 8.20. The molecule has 5 nitrogen and oxygen atoms in total. The van der Waals surface area contributed by atoms with Gasteiger partial charge in [0.05, 0.1) is 5.75 Å². The van der Waals surface area contributed by atoms with Crippen molar-refractivity contribution in [2.45, 2.75) is 20.8 Å². The maximum atomic E-state index is 12.4. The van der Waals surface area contributed by atoms with Gasteiger partial charge < -0.3 is 9.42 Å². The molecule has 22 heavy (non-hydrogen) atoms. The van der Waals surface area contributed by atoms with Gasteiger partial charge in [0.1, 0.15) is 10.1 Å². The highest BCUT2D eigenvalue weighted by Gasteiger charge is 2.19. The molecular weight excluding hydrogens is 318 g/mol. The van der Waals surface area contributed by atoms with Gasteiger partial charge in [0.15, 0.2) is 11.6 Å². The van der Waals surface area contributed by atoms with Crippen molar-refractivity contribution in [2.75, 3.05) is 19.8 Å². The molecule has 118 valence electrons. The molecule has 7 heteroatoms. The van der Waals surface area contributed by atoms with Crippen LogP contribution in [0.15, 0.2) is 16.7 Å². The van der Waals surface area contributed by atoms with Crippen LogP contribution in [-0.2, 0) is 0 Å². The molecule has 0 N–H and O–H groups in total. The van der Waals surface area contributed by atoms with Gasteiger partial charge in [-0.1, -0.05) is 29.1 Å². The summed E-state index contributed by atoms with van der Waals surface area (Å²) in [5.74, 6) is 1.83. The molecule has 0 aliphatic heterocycles. The molecule has 0 aliphatic rings. The Hall–Kier alpha value is -1.60. The second-order valence-electron chi connectivity index (χ2n) is 5.29. The molecule has 0 spiro atoms. The van der Waals surface area contributed by atoms with Gasteiger partial charge in [-0.3, -0.25) is 9.36 Å². The van der Waals surface area contributed by atoms with Crippen molar-refractivity contribution in [3.8, 4) is 5.82 Å². The fourth-order valence-corrected chi connectivity index (χ4v) is 3.04. The SMILES string of the molecule is Cc1cc(-n2c(C)cc(C(=O)CSC(=S)N(C)C)c2C)no1. The lowest BCUT2D eigenvalue weighted by molar-refractivity contribution is 0.102. The van der Waals surface area contributed by atoms with E-state index in [0.29, 0.717) is 21.5 Å².